The first kappa shape index (κ1) is 26.1. The van der Waals surface area contributed by atoms with Crippen molar-refractivity contribution in [2.24, 2.45) is 4.99 Å². The minimum absolute atomic E-state index is 0. The molecule has 29 heavy (non-hydrogen) atoms. The monoisotopic (exact) mass is 539 g/mol. The molecule has 1 saturated heterocycles. The molecule has 2 heterocycles. The van der Waals surface area contributed by atoms with Crippen molar-refractivity contribution >= 4 is 47.2 Å². The summed E-state index contributed by atoms with van der Waals surface area (Å²) in [5.74, 6) is 0.460. The fourth-order valence-corrected chi connectivity index (χ4v) is 3.85. The van der Waals surface area contributed by atoms with Crippen LogP contribution in [0.15, 0.2) is 4.99 Å². The summed E-state index contributed by atoms with van der Waals surface area (Å²) in [6, 6.07) is -0.0519. The number of ether oxygens (including phenoxy) is 2. The maximum Gasteiger partial charge on any atom is 0.350 e. The number of aliphatic imine (C=N–C) groups is 1. The van der Waals surface area contributed by atoms with Gasteiger partial charge >= 0.3 is 5.97 Å². The Kier molecular flexibility index (Phi) is 12.7. The molecular weight excluding hydrogens is 505 g/mol. The number of rotatable bonds is 9. The molecule has 10 heteroatoms. The Hall–Kier alpha value is -0.980. The fraction of sp³-hybridized carbons (Fsp3) is 0.737. The lowest BCUT2D eigenvalue weighted by molar-refractivity contribution is 0.0377. The maximum atomic E-state index is 12.0. The molecule has 0 amide bonds. The summed E-state index contributed by atoms with van der Waals surface area (Å²) in [5.41, 5.74) is 0.708. The van der Waals surface area contributed by atoms with Crippen LogP contribution in [-0.2, 0) is 9.47 Å². The van der Waals surface area contributed by atoms with E-state index in [1.54, 1.807) is 6.92 Å². The molecule has 1 atom stereocenters. The minimum Gasteiger partial charge on any atom is -0.462 e. The quantitative estimate of drug-likeness (QED) is 0.164. The minimum atomic E-state index is -0.306. The van der Waals surface area contributed by atoms with Gasteiger partial charge in [0.25, 0.3) is 0 Å². The lowest BCUT2D eigenvalue weighted by Gasteiger charge is -2.26. The summed E-state index contributed by atoms with van der Waals surface area (Å²) in [5, 5.41) is 7.51. The average Bonchev–Trinajstić information content (AvgIpc) is 3.08. The van der Waals surface area contributed by atoms with Crippen molar-refractivity contribution in [3.63, 3.8) is 0 Å². The lowest BCUT2D eigenvalue weighted by Crippen LogP contribution is -2.39. The smallest absolute Gasteiger partial charge is 0.350 e. The second-order valence-corrected chi connectivity index (χ2v) is 7.65. The molecule has 1 unspecified atom stereocenters. The van der Waals surface area contributed by atoms with E-state index >= 15 is 0 Å². The Balaban J connectivity index is 0.00000420. The van der Waals surface area contributed by atoms with Crippen molar-refractivity contribution in [3.05, 3.63) is 15.6 Å². The molecule has 2 N–H and O–H groups in total. The third-order valence-electron chi connectivity index (χ3n) is 4.35. The zero-order valence-corrected chi connectivity index (χ0v) is 21.0. The first-order valence-corrected chi connectivity index (χ1v) is 10.9. The van der Waals surface area contributed by atoms with E-state index in [9.17, 15) is 4.79 Å². The zero-order chi connectivity index (χ0) is 20.4. The molecule has 8 nitrogen and oxygen atoms in total. The van der Waals surface area contributed by atoms with E-state index < -0.39 is 0 Å². The number of nitrogens with one attached hydrogen (secondary N) is 2. The number of halogens is 1. The number of guanidine groups is 1. The van der Waals surface area contributed by atoms with Crippen LogP contribution >= 0.6 is 35.3 Å². The van der Waals surface area contributed by atoms with Crippen LogP contribution in [0.5, 0.6) is 0 Å². The highest BCUT2D eigenvalue weighted by molar-refractivity contribution is 14.0. The molecule has 0 bridgehead atoms. The van der Waals surface area contributed by atoms with E-state index in [-0.39, 0.29) is 36.0 Å². The van der Waals surface area contributed by atoms with Gasteiger partial charge in [-0.3, -0.25) is 9.89 Å². The third kappa shape index (κ3) is 8.73. The SMILES string of the molecule is CCNC(=NCCCN1CCOCC1)NC(C)c1nc(C)c(C(=O)OCC)s1.I. The second-order valence-electron chi connectivity index (χ2n) is 6.62. The van der Waals surface area contributed by atoms with Gasteiger partial charge in [-0.05, 0) is 34.1 Å². The Morgan fingerprint density at radius 3 is 2.76 bits per heavy atom. The molecule has 0 aliphatic carbocycles. The zero-order valence-electron chi connectivity index (χ0n) is 17.8. The molecule has 0 saturated carbocycles. The molecule has 1 aliphatic heterocycles. The first-order valence-electron chi connectivity index (χ1n) is 10.0. The van der Waals surface area contributed by atoms with Crippen molar-refractivity contribution in [1.82, 2.24) is 20.5 Å². The highest BCUT2D eigenvalue weighted by Gasteiger charge is 2.20. The van der Waals surface area contributed by atoms with E-state index in [2.05, 4.69) is 25.5 Å². The molecule has 1 aromatic rings. The predicted octanol–water partition coefficient (Wildman–Crippen LogP) is 2.58. The van der Waals surface area contributed by atoms with Crippen molar-refractivity contribution < 1.29 is 14.3 Å². The van der Waals surface area contributed by atoms with Crippen molar-refractivity contribution in [1.29, 1.82) is 0 Å². The van der Waals surface area contributed by atoms with Crippen molar-refractivity contribution in [2.45, 2.75) is 40.2 Å². The van der Waals surface area contributed by atoms with Gasteiger partial charge in [-0.25, -0.2) is 9.78 Å². The van der Waals surface area contributed by atoms with Gasteiger partial charge in [0.15, 0.2) is 5.96 Å². The maximum absolute atomic E-state index is 12.0. The standard InChI is InChI=1S/C19H33N5O3S.HI/c1-5-20-19(21-8-7-9-24-10-12-26-13-11-24)23-15(4)17-22-14(3)16(28-17)18(25)27-6-2;/h15H,5-13H2,1-4H3,(H2,20,21,23);1H. The number of carbonyl (C=O) groups excluding carboxylic acids is 1. The van der Waals surface area contributed by atoms with Gasteiger partial charge < -0.3 is 20.1 Å². The number of hydrogen-bond acceptors (Lipinski definition) is 7. The number of aromatic nitrogens is 1. The number of carbonyl (C=O) groups is 1. The van der Waals surface area contributed by atoms with Crippen LogP contribution in [0.3, 0.4) is 0 Å². The molecule has 0 aromatic carbocycles. The first-order chi connectivity index (χ1) is 13.5. The Morgan fingerprint density at radius 2 is 2.10 bits per heavy atom. The number of aryl methyl sites for hydroxylation is 1. The predicted molar refractivity (Wildman–Crippen MR) is 128 cm³/mol. The normalized spacial score (nSPS) is 16.1. The molecule has 166 valence electrons. The van der Waals surface area contributed by atoms with E-state index in [1.807, 2.05) is 20.8 Å². The number of hydrogen-bond donors (Lipinski definition) is 2. The van der Waals surface area contributed by atoms with Crippen LogP contribution < -0.4 is 10.6 Å². The molecule has 1 aliphatic rings. The average molecular weight is 539 g/mol. The van der Waals surface area contributed by atoms with Crippen LogP contribution in [0.4, 0.5) is 0 Å². The van der Waals surface area contributed by atoms with Gasteiger partial charge in [0.1, 0.15) is 9.88 Å². The lowest BCUT2D eigenvalue weighted by atomic mass is 10.3. The highest BCUT2D eigenvalue weighted by atomic mass is 127. The van der Waals surface area contributed by atoms with Crippen LogP contribution in [0.2, 0.25) is 0 Å². The van der Waals surface area contributed by atoms with Gasteiger partial charge in [0.05, 0.1) is 31.6 Å². The Morgan fingerprint density at radius 1 is 1.38 bits per heavy atom. The summed E-state index contributed by atoms with van der Waals surface area (Å²) < 4.78 is 10.5. The summed E-state index contributed by atoms with van der Waals surface area (Å²) in [7, 11) is 0. The molecule has 0 radical (unpaired) electrons. The largest absolute Gasteiger partial charge is 0.462 e. The number of morpholine rings is 1. The molecular formula is C19H34IN5O3S. The summed E-state index contributed by atoms with van der Waals surface area (Å²) in [4.78, 5) is 24.2. The van der Waals surface area contributed by atoms with Crippen molar-refractivity contribution in [2.75, 3.05) is 52.5 Å². The Bertz CT molecular complexity index is 650. The second kappa shape index (κ2) is 14.1. The van der Waals surface area contributed by atoms with E-state index in [0.717, 1.165) is 63.3 Å². The summed E-state index contributed by atoms with van der Waals surface area (Å²) >= 11 is 1.37. The van der Waals surface area contributed by atoms with Gasteiger partial charge in [-0.2, -0.15) is 0 Å². The number of esters is 1. The molecule has 2 rings (SSSR count). The number of thiazole rings is 1. The highest BCUT2D eigenvalue weighted by Crippen LogP contribution is 2.24. The molecule has 0 spiro atoms. The topological polar surface area (TPSA) is 88.1 Å². The van der Waals surface area contributed by atoms with E-state index in [0.29, 0.717) is 17.2 Å². The van der Waals surface area contributed by atoms with Crippen LogP contribution in [0.25, 0.3) is 0 Å². The fourth-order valence-electron chi connectivity index (χ4n) is 2.89. The van der Waals surface area contributed by atoms with Gasteiger partial charge in [-0.15, -0.1) is 35.3 Å². The molecule has 1 fully saturated rings. The van der Waals surface area contributed by atoms with Gasteiger partial charge in [0.2, 0.25) is 0 Å². The summed E-state index contributed by atoms with van der Waals surface area (Å²) in [6.45, 7) is 14.3. The van der Waals surface area contributed by atoms with Crippen molar-refractivity contribution in [3.8, 4) is 0 Å². The third-order valence-corrected chi connectivity index (χ3v) is 5.67. The Labute approximate surface area is 194 Å². The summed E-state index contributed by atoms with van der Waals surface area (Å²) in [6.07, 6.45) is 1.01. The van der Waals surface area contributed by atoms with Crippen LogP contribution in [-0.4, -0.2) is 74.4 Å². The molecule has 1 aromatic heterocycles. The van der Waals surface area contributed by atoms with E-state index in [1.165, 1.54) is 11.3 Å². The van der Waals surface area contributed by atoms with Gasteiger partial charge in [0, 0.05) is 32.7 Å². The van der Waals surface area contributed by atoms with E-state index in [4.69, 9.17) is 9.47 Å². The van der Waals surface area contributed by atoms with Crippen LogP contribution in [0, 0.1) is 6.92 Å². The number of nitrogens with zero attached hydrogens (tertiary/aromatic N) is 3. The van der Waals surface area contributed by atoms with Gasteiger partial charge in [-0.1, -0.05) is 0 Å². The van der Waals surface area contributed by atoms with Crippen LogP contribution in [0.1, 0.15) is 53.6 Å².